The molecule has 5 nitrogen and oxygen atoms in total. The number of carbonyl (C=O) groups is 1. The molecule has 0 bridgehead atoms. The topological polar surface area (TPSA) is 89.8 Å². The highest BCUT2D eigenvalue weighted by atomic mass is 16.3. The number of aliphatic hydroxyl groups is 3. The van der Waals surface area contributed by atoms with Gasteiger partial charge in [-0.1, -0.05) is 270 Å². The second kappa shape index (κ2) is 46.8. The number of nitrogens with one attached hydrogen (secondary N) is 1. The van der Waals surface area contributed by atoms with E-state index < -0.39 is 18.2 Å². The van der Waals surface area contributed by atoms with Crippen molar-refractivity contribution in [3.8, 4) is 0 Å². The molecule has 0 aliphatic heterocycles. The summed E-state index contributed by atoms with van der Waals surface area (Å²) < 4.78 is 0. The number of carbonyl (C=O) groups excluding carboxylic acids is 1. The van der Waals surface area contributed by atoms with Crippen LogP contribution < -0.4 is 5.32 Å². The summed E-state index contributed by atoms with van der Waals surface area (Å²) in [4.78, 5) is 12.5. The molecule has 334 valence electrons. The molecule has 0 aromatic heterocycles. The molecule has 0 aliphatic rings. The third-order valence-corrected chi connectivity index (χ3v) is 12.1. The van der Waals surface area contributed by atoms with E-state index in [9.17, 15) is 20.1 Å². The lowest BCUT2D eigenvalue weighted by Gasteiger charge is -2.21. The quantitative estimate of drug-likeness (QED) is 0.0365. The van der Waals surface area contributed by atoms with Crippen LogP contribution >= 0.6 is 0 Å². The molecular formula is C51H101NO4. The third-order valence-electron chi connectivity index (χ3n) is 12.1. The van der Waals surface area contributed by atoms with Gasteiger partial charge in [0.25, 0.3) is 0 Å². The van der Waals surface area contributed by atoms with Crippen LogP contribution in [-0.2, 0) is 4.79 Å². The number of allylic oxidation sites excluding steroid dienone is 1. The third kappa shape index (κ3) is 42.7. The first-order valence-corrected chi connectivity index (χ1v) is 25.5. The molecule has 0 radical (unpaired) electrons. The van der Waals surface area contributed by atoms with Gasteiger partial charge in [-0.3, -0.25) is 4.79 Å². The fraction of sp³-hybridized carbons (Fsp3) is 0.941. The second-order valence-corrected chi connectivity index (χ2v) is 17.8. The lowest BCUT2D eigenvalue weighted by molar-refractivity contribution is -0.124. The van der Waals surface area contributed by atoms with Crippen LogP contribution in [-0.4, -0.2) is 46.1 Å². The largest absolute Gasteiger partial charge is 0.394 e. The summed E-state index contributed by atoms with van der Waals surface area (Å²) in [6, 6.07) is -0.739. The molecule has 0 saturated carbocycles. The fourth-order valence-electron chi connectivity index (χ4n) is 8.17. The predicted molar refractivity (Wildman–Crippen MR) is 245 cm³/mol. The zero-order valence-electron chi connectivity index (χ0n) is 38.0. The lowest BCUT2D eigenvalue weighted by Crippen LogP contribution is -2.45. The number of aliphatic hydroxyl groups excluding tert-OH is 3. The minimum Gasteiger partial charge on any atom is -0.394 e. The van der Waals surface area contributed by atoms with Crippen molar-refractivity contribution >= 4 is 5.91 Å². The van der Waals surface area contributed by atoms with Crippen molar-refractivity contribution in [1.82, 2.24) is 5.32 Å². The van der Waals surface area contributed by atoms with Crippen LogP contribution in [0.5, 0.6) is 0 Å². The fourth-order valence-corrected chi connectivity index (χ4v) is 8.17. The van der Waals surface area contributed by atoms with E-state index in [0.717, 1.165) is 25.7 Å². The molecule has 0 saturated heterocycles. The average Bonchev–Trinajstić information content (AvgIpc) is 3.19. The number of hydrogen-bond donors (Lipinski definition) is 4. The van der Waals surface area contributed by atoms with E-state index in [2.05, 4.69) is 19.2 Å². The average molecular weight is 792 g/mol. The summed E-state index contributed by atoms with van der Waals surface area (Å²) in [5, 5.41) is 33.3. The van der Waals surface area contributed by atoms with Gasteiger partial charge in [-0.05, 0) is 19.3 Å². The van der Waals surface area contributed by atoms with Gasteiger partial charge in [0.2, 0.25) is 5.91 Å². The van der Waals surface area contributed by atoms with Crippen LogP contribution in [0.4, 0.5) is 0 Å². The van der Waals surface area contributed by atoms with Crippen LogP contribution in [0.3, 0.4) is 0 Å². The Balaban J connectivity index is 3.51. The normalized spacial score (nSPS) is 13.4. The van der Waals surface area contributed by atoms with Gasteiger partial charge in [-0.2, -0.15) is 0 Å². The maximum absolute atomic E-state index is 12.5. The Morgan fingerprint density at radius 3 is 1.04 bits per heavy atom. The standard InChI is InChI=1S/C51H101NO4/c1-3-5-7-9-11-13-15-17-19-20-21-22-23-24-25-26-27-28-29-30-31-32-34-36-38-40-42-44-48(54)46-51(56)52-49(47-53)50(55)45-43-41-39-37-35-33-18-16-14-12-10-8-6-4-2/h43,45,48-50,53-55H,3-42,44,46-47H2,1-2H3,(H,52,56)/b45-43+. The smallest absolute Gasteiger partial charge is 0.222 e. The van der Waals surface area contributed by atoms with Crippen molar-refractivity contribution in [2.45, 2.75) is 302 Å². The van der Waals surface area contributed by atoms with Gasteiger partial charge in [-0.25, -0.2) is 0 Å². The molecule has 0 aromatic carbocycles. The Kier molecular flexibility index (Phi) is 46.0. The van der Waals surface area contributed by atoms with Crippen LogP contribution in [0.25, 0.3) is 0 Å². The van der Waals surface area contributed by atoms with E-state index in [1.165, 1.54) is 231 Å². The summed E-state index contributed by atoms with van der Waals surface area (Å²) >= 11 is 0. The van der Waals surface area contributed by atoms with E-state index >= 15 is 0 Å². The van der Waals surface area contributed by atoms with E-state index in [1.54, 1.807) is 6.08 Å². The van der Waals surface area contributed by atoms with Gasteiger partial charge in [0.1, 0.15) is 0 Å². The summed E-state index contributed by atoms with van der Waals surface area (Å²) in [5.41, 5.74) is 0. The Morgan fingerprint density at radius 1 is 0.446 bits per heavy atom. The molecule has 56 heavy (non-hydrogen) atoms. The summed E-state index contributed by atoms with van der Waals surface area (Å²) in [5.74, 6) is -0.310. The molecule has 0 spiro atoms. The van der Waals surface area contributed by atoms with E-state index in [0.29, 0.717) is 6.42 Å². The van der Waals surface area contributed by atoms with Crippen LogP contribution in [0.15, 0.2) is 12.2 Å². The van der Waals surface area contributed by atoms with Crippen LogP contribution in [0, 0.1) is 0 Å². The molecule has 1 amide bonds. The predicted octanol–water partition coefficient (Wildman–Crippen LogP) is 15.2. The van der Waals surface area contributed by atoms with Crippen molar-refractivity contribution in [3.05, 3.63) is 12.2 Å². The SMILES string of the molecule is CCCCCCCCCCCCCC/C=C/C(O)C(CO)NC(=O)CC(O)CCCCCCCCCCCCCCCCCCCCCCCCCCCCC. The molecule has 5 heteroatoms. The summed E-state index contributed by atoms with van der Waals surface area (Å²) in [7, 11) is 0. The number of amides is 1. The van der Waals surface area contributed by atoms with Gasteiger partial charge in [0.15, 0.2) is 0 Å². The molecule has 4 N–H and O–H groups in total. The Hall–Kier alpha value is -0.910. The van der Waals surface area contributed by atoms with Gasteiger partial charge in [-0.15, -0.1) is 0 Å². The summed E-state index contributed by atoms with van der Waals surface area (Å²) in [6.07, 6.45) is 56.7. The zero-order chi connectivity index (χ0) is 40.8. The minimum atomic E-state index is -0.924. The highest BCUT2D eigenvalue weighted by molar-refractivity contribution is 5.76. The van der Waals surface area contributed by atoms with Crippen molar-refractivity contribution in [3.63, 3.8) is 0 Å². The highest BCUT2D eigenvalue weighted by Crippen LogP contribution is 2.17. The molecule has 0 rings (SSSR count). The van der Waals surface area contributed by atoms with Crippen molar-refractivity contribution in [2.24, 2.45) is 0 Å². The first kappa shape index (κ1) is 55.1. The van der Waals surface area contributed by atoms with Gasteiger partial charge in [0, 0.05) is 0 Å². The Bertz CT molecular complexity index is 788. The van der Waals surface area contributed by atoms with E-state index in [1.807, 2.05) is 6.08 Å². The zero-order valence-corrected chi connectivity index (χ0v) is 38.0. The van der Waals surface area contributed by atoms with Crippen molar-refractivity contribution < 1.29 is 20.1 Å². The monoisotopic (exact) mass is 792 g/mol. The van der Waals surface area contributed by atoms with Crippen molar-refractivity contribution in [1.29, 1.82) is 0 Å². The lowest BCUT2D eigenvalue weighted by atomic mass is 10.0. The number of hydrogen-bond acceptors (Lipinski definition) is 4. The van der Waals surface area contributed by atoms with E-state index in [-0.39, 0.29) is 18.9 Å². The Morgan fingerprint density at radius 2 is 0.732 bits per heavy atom. The van der Waals surface area contributed by atoms with Crippen LogP contribution in [0.1, 0.15) is 284 Å². The van der Waals surface area contributed by atoms with Gasteiger partial charge < -0.3 is 20.6 Å². The second-order valence-electron chi connectivity index (χ2n) is 17.8. The molecule has 0 aliphatic carbocycles. The van der Waals surface area contributed by atoms with E-state index in [4.69, 9.17) is 0 Å². The number of rotatable bonds is 47. The maximum Gasteiger partial charge on any atom is 0.222 e. The molecule has 0 fully saturated rings. The summed E-state index contributed by atoms with van der Waals surface area (Å²) in [6.45, 7) is 4.24. The first-order chi connectivity index (χ1) is 27.5. The number of unbranched alkanes of at least 4 members (excludes halogenated alkanes) is 38. The maximum atomic E-state index is 12.5. The first-order valence-electron chi connectivity index (χ1n) is 25.5. The molecule has 3 unspecified atom stereocenters. The molecule has 0 heterocycles. The molecule has 3 atom stereocenters. The highest BCUT2D eigenvalue weighted by Gasteiger charge is 2.20. The van der Waals surface area contributed by atoms with Gasteiger partial charge >= 0.3 is 0 Å². The Labute approximate surface area is 350 Å². The molecular weight excluding hydrogens is 691 g/mol. The molecule has 0 aromatic rings. The van der Waals surface area contributed by atoms with Crippen LogP contribution in [0.2, 0.25) is 0 Å². The van der Waals surface area contributed by atoms with Crippen molar-refractivity contribution in [2.75, 3.05) is 6.61 Å². The minimum absolute atomic E-state index is 0.0191. The van der Waals surface area contributed by atoms with Gasteiger partial charge in [0.05, 0.1) is 31.3 Å².